The Hall–Kier alpha value is -2.99. The third-order valence-electron chi connectivity index (χ3n) is 4.36. The molecule has 0 aliphatic heterocycles. The van der Waals surface area contributed by atoms with Gasteiger partial charge in [0.1, 0.15) is 17.1 Å². The third kappa shape index (κ3) is 6.01. The predicted molar refractivity (Wildman–Crippen MR) is 122 cm³/mol. The number of fused-ring (bicyclic) bond motifs is 1. The molecule has 0 aliphatic carbocycles. The summed E-state index contributed by atoms with van der Waals surface area (Å²) in [7, 11) is 0. The summed E-state index contributed by atoms with van der Waals surface area (Å²) in [6.45, 7) is 8.17. The van der Waals surface area contributed by atoms with Crippen LogP contribution in [0.4, 0.5) is 4.79 Å². The number of halogens is 1. The molecule has 0 radical (unpaired) electrons. The fourth-order valence-corrected chi connectivity index (χ4v) is 3.20. The van der Waals surface area contributed by atoms with Crippen LogP contribution in [-0.2, 0) is 4.74 Å². The molecular weight excluding hydrogens is 418 g/mol. The van der Waals surface area contributed by atoms with Crippen LogP contribution in [0.25, 0.3) is 22.3 Å². The summed E-state index contributed by atoms with van der Waals surface area (Å²) in [5.74, 6) is 0.972. The monoisotopic (exact) mass is 443 g/mol. The molecule has 0 spiro atoms. The van der Waals surface area contributed by atoms with Crippen LogP contribution in [-0.4, -0.2) is 24.8 Å². The first-order valence-corrected chi connectivity index (χ1v) is 10.4. The topological polar surface area (TPSA) is 77.8 Å². The van der Waals surface area contributed by atoms with Crippen LogP contribution in [0.1, 0.15) is 32.8 Å². The highest BCUT2D eigenvalue weighted by Crippen LogP contribution is 2.33. The van der Waals surface area contributed by atoms with Crippen LogP contribution >= 0.6 is 11.6 Å². The van der Waals surface area contributed by atoms with E-state index in [0.29, 0.717) is 52.6 Å². The zero-order chi connectivity index (χ0) is 22.6. The van der Waals surface area contributed by atoms with E-state index in [4.69, 9.17) is 25.5 Å². The number of amides is 1. The highest BCUT2D eigenvalue weighted by molar-refractivity contribution is 6.34. The summed E-state index contributed by atoms with van der Waals surface area (Å²) in [6, 6.07) is 12.2. The minimum atomic E-state index is -0.538. The Labute approximate surface area is 186 Å². The van der Waals surface area contributed by atoms with E-state index in [1.807, 2.05) is 45.9 Å². The second-order valence-electron chi connectivity index (χ2n) is 8.22. The fraction of sp³-hybridized carbons (Fsp3) is 0.333. The van der Waals surface area contributed by atoms with Crippen LogP contribution in [0.2, 0.25) is 5.02 Å². The van der Waals surface area contributed by atoms with Crippen molar-refractivity contribution in [3.63, 3.8) is 0 Å². The number of carbonyl (C=O) groups is 1. The number of para-hydroxylation sites is 1. The Balaban J connectivity index is 1.73. The van der Waals surface area contributed by atoms with Crippen molar-refractivity contribution < 1.29 is 18.7 Å². The summed E-state index contributed by atoms with van der Waals surface area (Å²) >= 11 is 6.23. The molecule has 0 aliphatic rings. The highest BCUT2D eigenvalue weighted by Gasteiger charge is 2.16. The largest absolute Gasteiger partial charge is 0.493 e. The van der Waals surface area contributed by atoms with Crippen LogP contribution in [0.3, 0.4) is 0 Å². The first-order chi connectivity index (χ1) is 14.6. The maximum absolute atomic E-state index is 12.6. The van der Waals surface area contributed by atoms with Gasteiger partial charge < -0.3 is 19.2 Å². The first kappa shape index (κ1) is 22.7. The van der Waals surface area contributed by atoms with Gasteiger partial charge in [-0.1, -0.05) is 23.7 Å². The Morgan fingerprint density at radius 2 is 1.94 bits per heavy atom. The van der Waals surface area contributed by atoms with Crippen molar-refractivity contribution in [2.24, 2.45) is 0 Å². The standard InChI is InChI=1S/C24H26ClNO5/c1-15-9-10-17(21-14-19(27)16-7-5-8-18(25)22(16)30-21)20(13-15)29-12-6-11-26-23(28)31-24(2,3)4/h5,7-10,13-14H,6,11-12H2,1-4H3,(H,26,28). The van der Waals surface area contributed by atoms with Crippen LogP contribution in [0, 0.1) is 6.92 Å². The molecule has 3 rings (SSSR count). The lowest BCUT2D eigenvalue weighted by Crippen LogP contribution is -2.33. The van der Waals surface area contributed by atoms with Gasteiger partial charge in [0, 0.05) is 12.6 Å². The van der Waals surface area contributed by atoms with Crippen molar-refractivity contribution in [3.05, 3.63) is 63.3 Å². The molecule has 6 nitrogen and oxygen atoms in total. The highest BCUT2D eigenvalue weighted by atomic mass is 35.5. The second kappa shape index (κ2) is 9.43. The number of alkyl carbamates (subject to hydrolysis) is 1. The molecule has 0 bridgehead atoms. The molecule has 31 heavy (non-hydrogen) atoms. The number of hydrogen-bond acceptors (Lipinski definition) is 5. The lowest BCUT2D eigenvalue weighted by atomic mass is 10.1. The van der Waals surface area contributed by atoms with Crippen molar-refractivity contribution in [2.75, 3.05) is 13.2 Å². The minimum Gasteiger partial charge on any atom is -0.493 e. The molecule has 0 unspecified atom stereocenters. The van der Waals surface area contributed by atoms with Gasteiger partial charge in [-0.15, -0.1) is 0 Å². The molecule has 1 N–H and O–H groups in total. The summed E-state index contributed by atoms with van der Waals surface area (Å²) in [5, 5.41) is 3.51. The molecular formula is C24H26ClNO5. The molecule has 164 valence electrons. The summed E-state index contributed by atoms with van der Waals surface area (Å²) in [5.41, 5.74) is 1.30. The van der Waals surface area contributed by atoms with Crippen LogP contribution in [0.15, 0.2) is 51.7 Å². The predicted octanol–water partition coefficient (Wildman–Crippen LogP) is 5.72. The normalized spacial score (nSPS) is 11.4. The van der Waals surface area contributed by atoms with Gasteiger partial charge in [-0.25, -0.2) is 4.79 Å². The molecule has 0 fully saturated rings. The van der Waals surface area contributed by atoms with Gasteiger partial charge in [0.2, 0.25) is 0 Å². The van der Waals surface area contributed by atoms with Crippen molar-refractivity contribution in [3.8, 4) is 17.1 Å². The lowest BCUT2D eigenvalue weighted by Gasteiger charge is -2.19. The van der Waals surface area contributed by atoms with Gasteiger partial charge in [-0.2, -0.15) is 0 Å². The number of ether oxygens (including phenoxy) is 2. The van der Waals surface area contributed by atoms with Gasteiger partial charge in [-0.05, 0) is 63.9 Å². The van der Waals surface area contributed by atoms with Crippen LogP contribution in [0.5, 0.6) is 5.75 Å². The smallest absolute Gasteiger partial charge is 0.407 e. The molecule has 1 heterocycles. The molecule has 1 aromatic heterocycles. The number of carbonyl (C=O) groups excluding carboxylic acids is 1. The Morgan fingerprint density at radius 3 is 2.68 bits per heavy atom. The van der Waals surface area contributed by atoms with Gasteiger partial charge in [0.15, 0.2) is 11.0 Å². The lowest BCUT2D eigenvalue weighted by molar-refractivity contribution is 0.0525. The van der Waals surface area contributed by atoms with E-state index in [1.54, 1.807) is 18.2 Å². The van der Waals surface area contributed by atoms with E-state index in [1.165, 1.54) is 6.07 Å². The van der Waals surface area contributed by atoms with E-state index in [2.05, 4.69) is 5.32 Å². The van der Waals surface area contributed by atoms with Gasteiger partial charge in [0.25, 0.3) is 0 Å². The summed E-state index contributed by atoms with van der Waals surface area (Å²) < 4.78 is 17.1. The Morgan fingerprint density at radius 1 is 1.16 bits per heavy atom. The number of hydrogen-bond donors (Lipinski definition) is 1. The third-order valence-corrected chi connectivity index (χ3v) is 4.65. The number of aryl methyl sites for hydroxylation is 1. The van der Waals surface area contributed by atoms with E-state index in [0.717, 1.165) is 5.56 Å². The quantitative estimate of drug-likeness (QED) is 0.493. The van der Waals surface area contributed by atoms with E-state index >= 15 is 0 Å². The average molecular weight is 444 g/mol. The van der Waals surface area contributed by atoms with E-state index < -0.39 is 11.7 Å². The number of nitrogens with one attached hydrogen (secondary N) is 1. The van der Waals surface area contributed by atoms with E-state index in [-0.39, 0.29) is 5.43 Å². The summed E-state index contributed by atoms with van der Waals surface area (Å²) in [6.07, 6.45) is 0.124. The fourth-order valence-electron chi connectivity index (χ4n) is 2.99. The molecule has 2 aromatic carbocycles. The summed E-state index contributed by atoms with van der Waals surface area (Å²) in [4.78, 5) is 24.3. The molecule has 0 saturated carbocycles. The zero-order valence-corrected chi connectivity index (χ0v) is 18.8. The Bertz CT molecular complexity index is 1150. The molecule has 0 saturated heterocycles. The van der Waals surface area contributed by atoms with Crippen molar-refractivity contribution >= 4 is 28.7 Å². The van der Waals surface area contributed by atoms with Crippen LogP contribution < -0.4 is 15.5 Å². The molecule has 3 aromatic rings. The van der Waals surface area contributed by atoms with Gasteiger partial charge >= 0.3 is 6.09 Å². The van der Waals surface area contributed by atoms with E-state index in [9.17, 15) is 9.59 Å². The molecule has 7 heteroatoms. The van der Waals surface area contributed by atoms with Gasteiger partial charge in [-0.3, -0.25) is 4.79 Å². The number of benzene rings is 2. The molecule has 0 atom stereocenters. The Kier molecular flexibility index (Phi) is 6.91. The maximum atomic E-state index is 12.6. The minimum absolute atomic E-state index is 0.174. The van der Waals surface area contributed by atoms with Crippen molar-refractivity contribution in [1.29, 1.82) is 0 Å². The average Bonchev–Trinajstić information content (AvgIpc) is 2.67. The zero-order valence-electron chi connectivity index (χ0n) is 18.1. The SMILES string of the molecule is Cc1ccc(-c2cc(=O)c3cccc(Cl)c3o2)c(OCCCNC(=O)OC(C)(C)C)c1. The van der Waals surface area contributed by atoms with Crippen molar-refractivity contribution in [1.82, 2.24) is 5.32 Å². The van der Waals surface area contributed by atoms with Crippen molar-refractivity contribution in [2.45, 2.75) is 39.7 Å². The second-order valence-corrected chi connectivity index (χ2v) is 8.63. The molecule has 1 amide bonds. The number of rotatable bonds is 6. The maximum Gasteiger partial charge on any atom is 0.407 e. The first-order valence-electron chi connectivity index (χ1n) is 10.1. The van der Waals surface area contributed by atoms with Gasteiger partial charge in [0.05, 0.1) is 22.6 Å².